The molecule has 21 heavy (non-hydrogen) atoms. The van der Waals surface area contributed by atoms with Gasteiger partial charge in [-0.2, -0.15) is 5.10 Å². The summed E-state index contributed by atoms with van der Waals surface area (Å²) in [6.07, 6.45) is 5.50. The molecule has 2 N–H and O–H groups in total. The lowest BCUT2D eigenvalue weighted by Crippen LogP contribution is -2.30. The number of rotatable bonds is 9. The maximum atomic E-state index is 12.2. The molecule has 0 aliphatic heterocycles. The van der Waals surface area contributed by atoms with E-state index in [1.807, 2.05) is 6.92 Å². The van der Waals surface area contributed by atoms with E-state index in [9.17, 15) is 8.42 Å². The molecule has 2 rings (SSSR count). The molecule has 6 nitrogen and oxygen atoms in total. The molecule has 0 aromatic carbocycles. The van der Waals surface area contributed by atoms with Gasteiger partial charge in [0.05, 0.1) is 12.7 Å². The number of hydrogen-bond donors (Lipinski definition) is 2. The molecule has 1 aromatic heterocycles. The van der Waals surface area contributed by atoms with E-state index in [-0.39, 0.29) is 4.90 Å². The Balaban J connectivity index is 1.85. The summed E-state index contributed by atoms with van der Waals surface area (Å²) in [5.41, 5.74) is 0. The van der Waals surface area contributed by atoms with E-state index < -0.39 is 10.0 Å². The van der Waals surface area contributed by atoms with Crippen molar-refractivity contribution < 1.29 is 8.42 Å². The lowest BCUT2D eigenvalue weighted by Gasteiger charge is -2.15. The summed E-state index contributed by atoms with van der Waals surface area (Å²) in [5.74, 6) is 0.751. The fourth-order valence-electron chi connectivity index (χ4n) is 1.84. The summed E-state index contributed by atoms with van der Waals surface area (Å²) in [4.78, 5) is 0.241. The Labute approximate surface area is 127 Å². The Bertz CT molecular complexity index is 549. The van der Waals surface area contributed by atoms with Crippen LogP contribution in [-0.4, -0.2) is 37.3 Å². The van der Waals surface area contributed by atoms with Crippen LogP contribution < -0.4 is 10.0 Å². The highest BCUT2D eigenvalue weighted by Gasteiger charge is 2.20. The van der Waals surface area contributed by atoms with Gasteiger partial charge in [0.1, 0.15) is 4.90 Å². The lowest BCUT2D eigenvalue weighted by molar-refractivity contribution is 0.414. The van der Waals surface area contributed by atoms with Crippen molar-refractivity contribution in [3.05, 3.63) is 12.4 Å². The number of hydrogen-bond acceptors (Lipinski definition) is 4. The van der Waals surface area contributed by atoms with E-state index in [0.717, 1.165) is 6.54 Å². The maximum absolute atomic E-state index is 12.2. The molecule has 1 atom stereocenters. The molecule has 1 saturated carbocycles. The molecule has 1 fully saturated rings. The van der Waals surface area contributed by atoms with Crippen LogP contribution in [0, 0.1) is 11.8 Å². The third-order valence-electron chi connectivity index (χ3n) is 4.00. The maximum Gasteiger partial charge on any atom is 0.243 e. The summed E-state index contributed by atoms with van der Waals surface area (Å²) < 4.78 is 28.7. The van der Waals surface area contributed by atoms with Crippen LogP contribution in [0.15, 0.2) is 17.3 Å². The van der Waals surface area contributed by atoms with Crippen LogP contribution in [-0.2, 0) is 16.6 Å². The second kappa shape index (κ2) is 6.89. The fraction of sp³-hybridized carbons (Fsp3) is 0.786. The molecule has 0 bridgehead atoms. The highest BCUT2D eigenvalue weighted by molar-refractivity contribution is 7.89. The first kappa shape index (κ1) is 16.5. The van der Waals surface area contributed by atoms with Crippen molar-refractivity contribution in [3.63, 3.8) is 0 Å². The quantitative estimate of drug-likeness (QED) is 0.718. The number of sulfonamides is 1. The Kier molecular flexibility index (Phi) is 5.40. The van der Waals surface area contributed by atoms with Crippen LogP contribution >= 0.6 is 0 Å². The van der Waals surface area contributed by atoms with Crippen molar-refractivity contribution in [2.24, 2.45) is 11.8 Å². The van der Waals surface area contributed by atoms with Gasteiger partial charge in [-0.15, -0.1) is 0 Å². The minimum Gasteiger partial charge on any atom is -0.312 e. The molecule has 0 radical (unpaired) electrons. The molecule has 120 valence electrons. The predicted molar refractivity (Wildman–Crippen MR) is 82.4 cm³/mol. The van der Waals surface area contributed by atoms with E-state index in [4.69, 9.17) is 0 Å². The third-order valence-corrected chi connectivity index (χ3v) is 5.38. The molecule has 1 heterocycles. The Morgan fingerprint density at radius 3 is 2.71 bits per heavy atom. The monoisotopic (exact) mass is 314 g/mol. The topological polar surface area (TPSA) is 76.0 Å². The van der Waals surface area contributed by atoms with Crippen LogP contribution in [0.25, 0.3) is 0 Å². The summed E-state index contributed by atoms with van der Waals surface area (Å²) in [6, 6.07) is 0.656. The van der Waals surface area contributed by atoms with Crippen molar-refractivity contribution in [1.82, 2.24) is 19.8 Å². The molecular formula is C14H26N4O2S. The number of nitrogens with one attached hydrogen (secondary N) is 2. The van der Waals surface area contributed by atoms with Gasteiger partial charge in [0, 0.05) is 25.3 Å². The van der Waals surface area contributed by atoms with Crippen LogP contribution in [0.5, 0.6) is 0 Å². The smallest absolute Gasteiger partial charge is 0.243 e. The van der Waals surface area contributed by atoms with Crippen molar-refractivity contribution in [3.8, 4) is 0 Å². The van der Waals surface area contributed by atoms with E-state index in [0.29, 0.717) is 31.0 Å². The normalized spacial score (nSPS) is 17.3. The second-order valence-electron chi connectivity index (χ2n) is 6.24. The molecule has 1 aliphatic carbocycles. The Morgan fingerprint density at radius 2 is 2.10 bits per heavy atom. The first-order chi connectivity index (χ1) is 9.88. The number of aromatic nitrogens is 2. The van der Waals surface area contributed by atoms with E-state index >= 15 is 0 Å². The Morgan fingerprint density at radius 1 is 1.38 bits per heavy atom. The van der Waals surface area contributed by atoms with Crippen LogP contribution in [0.4, 0.5) is 0 Å². The zero-order valence-corrected chi connectivity index (χ0v) is 13.9. The average molecular weight is 314 g/mol. The van der Waals surface area contributed by atoms with E-state index in [2.05, 4.69) is 29.0 Å². The van der Waals surface area contributed by atoms with Crippen molar-refractivity contribution >= 4 is 10.0 Å². The van der Waals surface area contributed by atoms with Crippen molar-refractivity contribution in [2.45, 2.75) is 51.1 Å². The van der Waals surface area contributed by atoms with Crippen LogP contribution in [0.2, 0.25) is 0 Å². The van der Waals surface area contributed by atoms with E-state index in [1.165, 1.54) is 19.0 Å². The lowest BCUT2D eigenvalue weighted by atomic mass is 9.99. The largest absolute Gasteiger partial charge is 0.312 e. The molecule has 1 unspecified atom stereocenters. The van der Waals surface area contributed by atoms with Gasteiger partial charge in [0.25, 0.3) is 0 Å². The molecule has 0 amide bonds. The molecule has 7 heteroatoms. The van der Waals surface area contributed by atoms with Gasteiger partial charge >= 0.3 is 0 Å². The van der Waals surface area contributed by atoms with Gasteiger partial charge in [-0.05, 0) is 24.7 Å². The van der Waals surface area contributed by atoms with Crippen LogP contribution in [0.3, 0.4) is 0 Å². The highest BCUT2D eigenvalue weighted by atomic mass is 32.2. The molecule has 1 aromatic rings. The van der Waals surface area contributed by atoms with Gasteiger partial charge in [-0.25, -0.2) is 13.1 Å². The number of nitrogens with zero attached hydrogens (tertiary/aromatic N) is 2. The summed E-state index contributed by atoms with van der Waals surface area (Å²) in [5, 5.41) is 7.50. The first-order valence-corrected chi connectivity index (χ1v) is 9.12. The second-order valence-corrected chi connectivity index (χ2v) is 8.01. The van der Waals surface area contributed by atoms with Gasteiger partial charge in [0.2, 0.25) is 10.0 Å². The van der Waals surface area contributed by atoms with Gasteiger partial charge in [-0.1, -0.05) is 20.8 Å². The fourth-order valence-corrected chi connectivity index (χ4v) is 2.93. The zero-order valence-electron chi connectivity index (χ0n) is 13.0. The van der Waals surface area contributed by atoms with Crippen molar-refractivity contribution in [2.75, 3.05) is 13.1 Å². The van der Waals surface area contributed by atoms with Crippen molar-refractivity contribution in [1.29, 1.82) is 0 Å². The molecule has 0 saturated heterocycles. The minimum absolute atomic E-state index is 0.241. The first-order valence-electron chi connectivity index (χ1n) is 7.64. The zero-order chi connectivity index (χ0) is 15.5. The molecule has 1 aliphatic rings. The van der Waals surface area contributed by atoms with Crippen LogP contribution in [0.1, 0.15) is 33.6 Å². The Hall–Kier alpha value is -0.920. The highest BCUT2D eigenvalue weighted by Crippen LogP contribution is 2.18. The van der Waals surface area contributed by atoms with Gasteiger partial charge in [-0.3, -0.25) is 4.68 Å². The van der Waals surface area contributed by atoms with E-state index in [1.54, 1.807) is 10.9 Å². The molecular weight excluding hydrogens is 288 g/mol. The summed E-state index contributed by atoms with van der Waals surface area (Å²) in [7, 11) is -3.45. The summed E-state index contributed by atoms with van der Waals surface area (Å²) >= 11 is 0. The van der Waals surface area contributed by atoms with Gasteiger partial charge in [0.15, 0.2) is 0 Å². The summed E-state index contributed by atoms with van der Waals surface area (Å²) in [6.45, 7) is 8.18. The average Bonchev–Trinajstić information content (AvgIpc) is 3.11. The third kappa shape index (κ3) is 5.09. The molecule has 0 spiro atoms. The SMILES string of the molecule is CC(C)C(C)CNS(=O)(=O)c1cnn(CCNC2CC2)c1. The van der Waals surface area contributed by atoms with Gasteiger partial charge < -0.3 is 5.32 Å². The minimum atomic E-state index is -3.45. The standard InChI is InChI=1S/C14H26N4O2S/c1-11(2)12(3)8-17-21(19,20)14-9-16-18(10-14)7-6-15-13-4-5-13/h9-13,15,17H,4-8H2,1-3H3. The predicted octanol–water partition coefficient (Wildman–Crippen LogP) is 1.21.